The minimum absolute atomic E-state index is 0.295. The van der Waals surface area contributed by atoms with Crippen LogP contribution in [0, 0.1) is 4.84 Å². The lowest BCUT2D eigenvalue weighted by atomic mass is 10.2. The molecule has 2 aromatic heterocycles. The Hall–Kier alpha value is -1.79. The minimum atomic E-state index is 0.295. The van der Waals surface area contributed by atoms with Crippen LogP contribution in [0.15, 0.2) is 40.1 Å². The van der Waals surface area contributed by atoms with Crippen LogP contribution >= 0.6 is 23.6 Å². The topological polar surface area (TPSA) is 54.7 Å². The van der Waals surface area contributed by atoms with Gasteiger partial charge in [0.2, 0.25) is 5.89 Å². The predicted octanol–water partition coefficient (Wildman–Crippen LogP) is 3.45. The van der Waals surface area contributed by atoms with Crippen molar-refractivity contribution in [1.82, 2.24) is 15.2 Å². The summed E-state index contributed by atoms with van der Waals surface area (Å²) in [6.45, 7) is 0. The van der Waals surface area contributed by atoms with E-state index in [1.807, 2.05) is 35.7 Å². The molecule has 1 N–H and O–H groups in total. The lowest BCUT2D eigenvalue weighted by Gasteiger charge is -1.93. The van der Waals surface area contributed by atoms with Gasteiger partial charge in [-0.3, -0.25) is 0 Å². The van der Waals surface area contributed by atoms with Gasteiger partial charge in [0.1, 0.15) is 5.01 Å². The molecule has 0 atom stereocenters. The van der Waals surface area contributed by atoms with E-state index in [2.05, 4.69) is 15.2 Å². The van der Waals surface area contributed by atoms with E-state index < -0.39 is 0 Å². The van der Waals surface area contributed by atoms with E-state index >= 15 is 0 Å². The summed E-state index contributed by atoms with van der Waals surface area (Å²) in [5, 5.41) is 9.57. The van der Waals surface area contributed by atoms with E-state index in [4.69, 9.17) is 16.6 Å². The molecule has 90 valence electrons. The Balaban J connectivity index is 1.84. The van der Waals surface area contributed by atoms with Crippen LogP contribution in [-0.2, 0) is 6.42 Å². The van der Waals surface area contributed by atoms with Crippen molar-refractivity contribution in [2.24, 2.45) is 0 Å². The maximum atomic E-state index is 5.22. The van der Waals surface area contributed by atoms with Crippen molar-refractivity contribution in [1.29, 1.82) is 0 Å². The summed E-state index contributed by atoms with van der Waals surface area (Å²) in [6.07, 6.45) is 0.552. The molecule has 4 nitrogen and oxygen atoms in total. The highest BCUT2D eigenvalue weighted by molar-refractivity contribution is 7.71. The van der Waals surface area contributed by atoms with Crippen molar-refractivity contribution >= 4 is 23.6 Å². The third-order valence-electron chi connectivity index (χ3n) is 2.39. The first-order chi connectivity index (χ1) is 8.81. The van der Waals surface area contributed by atoms with E-state index in [9.17, 15) is 0 Å². The molecule has 0 fully saturated rings. The van der Waals surface area contributed by atoms with Gasteiger partial charge in [-0.15, -0.1) is 16.4 Å². The van der Waals surface area contributed by atoms with Crippen molar-refractivity contribution in [3.05, 3.63) is 52.1 Å². The van der Waals surface area contributed by atoms with E-state index in [1.54, 1.807) is 11.3 Å². The number of aromatic amines is 1. The Bertz CT molecular complexity index is 699. The van der Waals surface area contributed by atoms with E-state index in [0.717, 1.165) is 16.3 Å². The first-order valence-corrected chi connectivity index (χ1v) is 6.64. The normalized spacial score (nSPS) is 10.7. The van der Waals surface area contributed by atoms with Crippen LogP contribution in [0.5, 0.6) is 0 Å². The lowest BCUT2D eigenvalue weighted by Crippen LogP contribution is -1.88. The van der Waals surface area contributed by atoms with Crippen molar-refractivity contribution in [3.63, 3.8) is 0 Å². The Morgan fingerprint density at radius 1 is 1.28 bits per heavy atom. The third-order valence-corrected chi connectivity index (χ3v) is 3.50. The maximum Gasteiger partial charge on any atom is 0.284 e. The van der Waals surface area contributed by atoms with Crippen LogP contribution in [0.3, 0.4) is 0 Å². The zero-order valence-corrected chi connectivity index (χ0v) is 10.9. The van der Waals surface area contributed by atoms with E-state index in [-0.39, 0.29) is 0 Å². The largest absolute Gasteiger partial charge is 0.414 e. The third kappa shape index (κ3) is 2.39. The van der Waals surface area contributed by atoms with Crippen LogP contribution < -0.4 is 0 Å². The number of hydrogen-bond acceptors (Lipinski definition) is 5. The van der Waals surface area contributed by atoms with Crippen molar-refractivity contribution < 1.29 is 4.42 Å². The van der Waals surface area contributed by atoms with Crippen LogP contribution in [0.2, 0.25) is 0 Å². The standard InChI is InChI=1S/C12H9N3OS2/c17-12-15-14-10(16-12)6-9-7-18-11(13-9)8-4-2-1-3-5-8/h1-5,7H,6H2,(H,15,17). The number of nitrogens with one attached hydrogen (secondary N) is 1. The van der Waals surface area contributed by atoms with Gasteiger partial charge in [0, 0.05) is 10.9 Å². The predicted molar refractivity (Wildman–Crippen MR) is 72.0 cm³/mol. The Morgan fingerprint density at radius 2 is 2.11 bits per heavy atom. The fraction of sp³-hybridized carbons (Fsp3) is 0.0833. The second-order valence-electron chi connectivity index (χ2n) is 3.69. The molecule has 2 heterocycles. The van der Waals surface area contributed by atoms with Crippen LogP contribution in [0.25, 0.3) is 10.6 Å². The molecular weight excluding hydrogens is 266 g/mol. The Morgan fingerprint density at radius 3 is 2.83 bits per heavy atom. The molecule has 0 aliphatic carbocycles. The second kappa shape index (κ2) is 4.83. The minimum Gasteiger partial charge on any atom is -0.414 e. The van der Waals surface area contributed by atoms with Gasteiger partial charge < -0.3 is 4.42 Å². The van der Waals surface area contributed by atoms with Crippen molar-refractivity contribution in [2.75, 3.05) is 0 Å². The number of rotatable bonds is 3. The number of thiazole rings is 1. The van der Waals surface area contributed by atoms with Gasteiger partial charge in [0.15, 0.2) is 0 Å². The summed E-state index contributed by atoms with van der Waals surface area (Å²) < 4.78 is 5.22. The van der Waals surface area contributed by atoms with Crippen LogP contribution in [-0.4, -0.2) is 15.2 Å². The van der Waals surface area contributed by atoms with Crippen molar-refractivity contribution in [3.8, 4) is 10.6 Å². The molecule has 0 saturated heterocycles. The summed E-state index contributed by atoms with van der Waals surface area (Å²) >= 11 is 6.44. The molecule has 1 aromatic carbocycles. The molecule has 0 unspecified atom stereocenters. The SMILES string of the molecule is S=c1[nH]nc(Cc2csc(-c3ccccc3)n2)o1. The highest BCUT2D eigenvalue weighted by Gasteiger charge is 2.07. The first-order valence-electron chi connectivity index (χ1n) is 5.35. The molecule has 0 aliphatic heterocycles. The van der Waals surface area contributed by atoms with Gasteiger partial charge in [-0.2, -0.15) is 0 Å². The Labute approximate surface area is 112 Å². The smallest absolute Gasteiger partial charge is 0.284 e. The van der Waals surface area contributed by atoms with Gasteiger partial charge in [0.05, 0.1) is 12.1 Å². The number of hydrogen-bond donors (Lipinski definition) is 1. The van der Waals surface area contributed by atoms with Crippen molar-refractivity contribution in [2.45, 2.75) is 6.42 Å². The molecule has 0 amide bonds. The average Bonchev–Trinajstić information content (AvgIpc) is 3.01. The summed E-state index contributed by atoms with van der Waals surface area (Å²) in [4.78, 5) is 4.85. The van der Waals surface area contributed by atoms with Gasteiger partial charge in [-0.1, -0.05) is 30.3 Å². The average molecular weight is 275 g/mol. The molecule has 0 spiro atoms. The van der Waals surface area contributed by atoms with E-state index in [1.165, 1.54) is 0 Å². The first kappa shape index (κ1) is 11.3. The molecule has 0 aliphatic rings. The molecule has 0 bridgehead atoms. The molecule has 3 aromatic rings. The summed E-state index contributed by atoms with van der Waals surface area (Å²) in [5.41, 5.74) is 2.06. The van der Waals surface area contributed by atoms with Gasteiger partial charge in [-0.25, -0.2) is 10.1 Å². The van der Waals surface area contributed by atoms with E-state index in [0.29, 0.717) is 17.1 Å². The molecule has 18 heavy (non-hydrogen) atoms. The number of H-pyrrole nitrogens is 1. The molecular formula is C12H9N3OS2. The molecule has 0 saturated carbocycles. The molecule has 0 radical (unpaired) electrons. The fourth-order valence-electron chi connectivity index (χ4n) is 1.59. The lowest BCUT2D eigenvalue weighted by molar-refractivity contribution is 0.490. The highest BCUT2D eigenvalue weighted by Crippen LogP contribution is 2.24. The van der Waals surface area contributed by atoms with Crippen LogP contribution in [0.4, 0.5) is 0 Å². The number of benzene rings is 1. The van der Waals surface area contributed by atoms with Crippen LogP contribution in [0.1, 0.15) is 11.6 Å². The monoisotopic (exact) mass is 275 g/mol. The highest BCUT2D eigenvalue weighted by atomic mass is 32.1. The second-order valence-corrected chi connectivity index (χ2v) is 4.92. The fourth-order valence-corrected chi connectivity index (χ4v) is 2.56. The van der Waals surface area contributed by atoms with Gasteiger partial charge in [0.25, 0.3) is 4.84 Å². The van der Waals surface area contributed by atoms with Gasteiger partial charge in [-0.05, 0) is 12.2 Å². The van der Waals surface area contributed by atoms with Gasteiger partial charge >= 0.3 is 0 Å². The number of nitrogens with zero attached hydrogens (tertiary/aromatic N) is 2. The molecule has 6 heteroatoms. The quantitative estimate of drug-likeness (QED) is 0.744. The summed E-state index contributed by atoms with van der Waals surface area (Å²) in [5.74, 6) is 0.560. The zero-order chi connectivity index (χ0) is 12.4. The molecule has 3 rings (SSSR count). The summed E-state index contributed by atoms with van der Waals surface area (Å²) in [6, 6.07) is 10.1. The Kier molecular flexibility index (Phi) is 3.04. The zero-order valence-electron chi connectivity index (χ0n) is 9.29. The maximum absolute atomic E-state index is 5.22. The number of aromatic nitrogens is 3. The summed E-state index contributed by atoms with van der Waals surface area (Å²) in [7, 11) is 0.